The molecule has 2 aromatic rings. The van der Waals surface area contributed by atoms with Crippen molar-refractivity contribution in [1.29, 1.82) is 0 Å². The molecular weight excluding hydrogens is 318 g/mol. The van der Waals surface area contributed by atoms with Crippen LogP contribution in [0, 0.1) is 0 Å². The van der Waals surface area contributed by atoms with Crippen molar-refractivity contribution in [1.82, 2.24) is 0 Å². The summed E-state index contributed by atoms with van der Waals surface area (Å²) in [4.78, 5) is 0. The van der Waals surface area contributed by atoms with Gasteiger partial charge in [0.15, 0.2) is 0 Å². The van der Waals surface area contributed by atoms with Crippen molar-refractivity contribution >= 4 is 15.9 Å². The van der Waals surface area contributed by atoms with Crippen LogP contribution in [-0.2, 0) is 6.61 Å². The lowest BCUT2D eigenvalue weighted by atomic mass is 10.1. The molecule has 0 unspecified atom stereocenters. The predicted octanol–water partition coefficient (Wildman–Crippen LogP) is 4.06. The third-order valence-electron chi connectivity index (χ3n) is 3.05. The van der Waals surface area contributed by atoms with E-state index < -0.39 is 0 Å². The molecule has 2 aromatic carbocycles. The van der Waals surface area contributed by atoms with E-state index in [0.717, 1.165) is 27.1 Å². The second kappa shape index (κ2) is 6.77. The molecule has 0 saturated heterocycles. The Bertz CT molecular complexity index is 584. The maximum absolute atomic E-state index is 5.97. The Morgan fingerprint density at radius 3 is 2.60 bits per heavy atom. The van der Waals surface area contributed by atoms with Crippen molar-refractivity contribution in [2.75, 3.05) is 7.11 Å². The summed E-state index contributed by atoms with van der Waals surface area (Å²) >= 11 is 3.52. The Hall–Kier alpha value is -1.52. The fourth-order valence-electron chi connectivity index (χ4n) is 1.91. The Kier molecular flexibility index (Phi) is 5.04. The van der Waals surface area contributed by atoms with Crippen LogP contribution < -0.4 is 15.2 Å². The second-order valence-corrected chi connectivity index (χ2v) is 5.43. The zero-order chi connectivity index (χ0) is 14.5. The number of rotatable bonds is 5. The SMILES string of the molecule is COc1ccc([C@H](C)N)c(OCc2ccccc2Br)c1. The van der Waals surface area contributed by atoms with E-state index in [1.54, 1.807) is 7.11 Å². The molecule has 3 nitrogen and oxygen atoms in total. The summed E-state index contributed by atoms with van der Waals surface area (Å²) in [6, 6.07) is 13.6. The number of hydrogen-bond acceptors (Lipinski definition) is 3. The van der Waals surface area contributed by atoms with Crippen LogP contribution in [-0.4, -0.2) is 7.11 Å². The van der Waals surface area contributed by atoms with Crippen molar-refractivity contribution in [2.45, 2.75) is 19.6 Å². The molecular formula is C16H18BrNO2. The average molecular weight is 336 g/mol. The van der Waals surface area contributed by atoms with E-state index in [9.17, 15) is 0 Å². The molecule has 0 fully saturated rings. The fraction of sp³-hybridized carbons (Fsp3) is 0.250. The maximum atomic E-state index is 5.97. The van der Waals surface area contributed by atoms with Crippen molar-refractivity contribution in [3.63, 3.8) is 0 Å². The molecule has 1 atom stereocenters. The summed E-state index contributed by atoms with van der Waals surface area (Å²) in [5, 5.41) is 0. The molecule has 2 N–H and O–H groups in total. The zero-order valence-electron chi connectivity index (χ0n) is 11.6. The van der Waals surface area contributed by atoms with Crippen molar-refractivity contribution in [3.05, 3.63) is 58.1 Å². The van der Waals surface area contributed by atoms with Crippen LogP contribution in [0.25, 0.3) is 0 Å². The van der Waals surface area contributed by atoms with Crippen molar-refractivity contribution < 1.29 is 9.47 Å². The molecule has 0 saturated carbocycles. The number of nitrogens with two attached hydrogens (primary N) is 1. The van der Waals surface area contributed by atoms with E-state index in [4.69, 9.17) is 15.2 Å². The molecule has 0 heterocycles. The van der Waals surface area contributed by atoms with Crippen molar-refractivity contribution in [2.24, 2.45) is 5.73 Å². The first kappa shape index (κ1) is 14.9. The molecule has 0 bridgehead atoms. The van der Waals surface area contributed by atoms with Gasteiger partial charge >= 0.3 is 0 Å². The van der Waals surface area contributed by atoms with Gasteiger partial charge in [-0.3, -0.25) is 0 Å². The summed E-state index contributed by atoms with van der Waals surface area (Å²) in [6.07, 6.45) is 0. The lowest BCUT2D eigenvalue weighted by Gasteiger charge is -2.15. The van der Waals surface area contributed by atoms with Gasteiger partial charge in [0.1, 0.15) is 18.1 Å². The molecule has 0 aromatic heterocycles. The molecule has 0 amide bonds. The summed E-state index contributed by atoms with van der Waals surface area (Å²) in [5.74, 6) is 1.52. The first-order chi connectivity index (χ1) is 9.61. The van der Waals surface area contributed by atoms with Crippen LogP contribution in [0.3, 0.4) is 0 Å². The lowest BCUT2D eigenvalue weighted by Crippen LogP contribution is -2.08. The van der Waals surface area contributed by atoms with Gasteiger partial charge in [-0.2, -0.15) is 0 Å². The molecule has 0 radical (unpaired) electrons. The monoisotopic (exact) mass is 335 g/mol. The van der Waals surface area contributed by atoms with E-state index >= 15 is 0 Å². The molecule has 106 valence electrons. The minimum atomic E-state index is -0.0879. The van der Waals surface area contributed by atoms with Gasteiger partial charge in [-0.05, 0) is 19.1 Å². The van der Waals surface area contributed by atoms with Crippen LogP contribution in [0.5, 0.6) is 11.5 Å². The van der Waals surface area contributed by atoms with Crippen LogP contribution in [0.2, 0.25) is 0 Å². The van der Waals surface area contributed by atoms with E-state index in [0.29, 0.717) is 6.61 Å². The van der Waals surface area contributed by atoms with Gasteiger partial charge in [0.25, 0.3) is 0 Å². The Balaban J connectivity index is 2.21. The van der Waals surface area contributed by atoms with E-state index in [-0.39, 0.29) is 6.04 Å². The molecule has 4 heteroatoms. The van der Waals surface area contributed by atoms with Crippen molar-refractivity contribution in [3.8, 4) is 11.5 Å². The van der Waals surface area contributed by atoms with Crippen LogP contribution in [0.4, 0.5) is 0 Å². The van der Waals surface area contributed by atoms with Crippen LogP contribution >= 0.6 is 15.9 Å². The van der Waals surface area contributed by atoms with Gasteiger partial charge in [0, 0.05) is 27.7 Å². The average Bonchev–Trinajstić information content (AvgIpc) is 2.46. The Morgan fingerprint density at radius 1 is 1.20 bits per heavy atom. The summed E-state index contributed by atoms with van der Waals surface area (Å²) in [6.45, 7) is 2.42. The smallest absolute Gasteiger partial charge is 0.128 e. The highest BCUT2D eigenvalue weighted by Gasteiger charge is 2.10. The molecule has 2 rings (SSSR count). The van der Waals surface area contributed by atoms with Gasteiger partial charge in [-0.25, -0.2) is 0 Å². The summed E-state index contributed by atoms with van der Waals surface area (Å²) in [7, 11) is 1.64. The standard InChI is InChI=1S/C16H18BrNO2/c1-11(18)14-8-7-13(19-2)9-16(14)20-10-12-5-3-4-6-15(12)17/h3-9,11H,10,18H2,1-2H3/t11-/m0/s1. The van der Waals surface area contributed by atoms with Gasteiger partial charge in [0.2, 0.25) is 0 Å². The molecule has 0 spiro atoms. The predicted molar refractivity (Wildman–Crippen MR) is 84.1 cm³/mol. The molecule has 0 aliphatic heterocycles. The van der Waals surface area contributed by atoms with Crippen LogP contribution in [0.1, 0.15) is 24.1 Å². The Morgan fingerprint density at radius 2 is 1.95 bits per heavy atom. The third-order valence-corrected chi connectivity index (χ3v) is 3.83. The maximum Gasteiger partial charge on any atom is 0.128 e. The molecule has 20 heavy (non-hydrogen) atoms. The fourth-order valence-corrected chi connectivity index (χ4v) is 2.31. The summed E-state index contributed by atoms with van der Waals surface area (Å²) in [5.41, 5.74) is 8.03. The zero-order valence-corrected chi connectivity index (χ0v) is 13.2. The minimum absolute atomic E-state index is 0.0879. The highest BCUT2D eigenvalue weighted by molar-refractivity contribution is 9.10. The van der Waals surface area contributed by atoms with E-state index in [1.807, 2.05) is 49.4 Å². The summed E-state index contributed by atoms with van der Waals surface area (Å²) < 4.78 is 12.2. The largest absolute Gasteiger partial charge is 0.497 e. The number of methoxy groups -OCH3 is 1. The highest BCUT2D eigenvalue weighted by Crippen LogP contribution is 2.29. The quantitative estimate of drug-likeness (QED) is 0.896. The molecule has 0 aliphatic carbocycles. The number of halogens is 1. The van der Waals surface area contributed by atoms with Crippen LogP contribution in [0.15, 0.2) is 46.9 Å². The van der Waals surface area contributed by atoms with Gasteiger partial charge in [-0.1, -0.05) is 40.2 Å². The number of benzene rings is 2. The number of hydrogen-bond donors (Lipinski definition) is 1. The third kappa shape index (κ3) is 3.52. The highest BCUT2D eigenvalue weighted by atomic mass is 79.9. The van der Waals surface area contributed by atoms with Gasteiger partial charge in [-0.15, -0.1) is 0 Å². The van der Waals surface area contributed by atoms with E-state index in [1.165, 1.54) is 0 Å². The number of ether oxygens (including phenoxy) is 2. The topological polar surface area (TPSA) is 44.5 Å². The van der Waals surface area contributed by atoms with E-state index in [2.05, 4.69) is 15.9 Å². The van der Waals surface area contributed by atoms with Gasteiger partial charge < -0.3 is 15.2 Å². The Labute approximate surface area is 127 Å². The lowest BCUT2D eigenvalue weighted by molar-refractivity contribution is 0.298. The second-order valence-electron chi connectivity index (χ2n) is 4.57. The molecule has 0 aliphatic rings. The first-order valence-electron chi connectivity index (χ1n) is 6.41. The normalized spacial score (nSPS) is 12.0. The van der Waals surface area contributed by atoms with Gasteiger partial charge in [0.05, 0.1) is 7.11 Å². The first-order valence-corrected chi connectivity index (χ1v) is 7.21. The minimum Gasteiger partial charge on any atom is -0.497 e.